The molecule has 0 saturated carbocycles. The van der Waals surface area contributed by atoms with Crippen LogP contribution in [0, 0.1) is 32.1 Å². The fourth-order valence-corrected chi connectivity index (χ4v) is 5.73. The molecular formula is C25H32ClN5OS. The number of nitrogens with zero attached hydrogens (tertiary/aromatic N) is 4. The maximum absolute atomic E-state index is 12.9. The van der Waals surface area contributed by atoms with Gasteiger partial charge in [-0.2, -0.15) is 0 Å². The highest BCUT2D eigenvalue weighted by Gasteiger charge is 2.39. The SMILES string of the molecule is Cc1sc2c(c1C)C(C1(C)C=CC(Cl)=CC1)=N[C@@H](CC(=O)NCCC(C)C)c1nnc(C)n1-2. The molecule has 1 N–H and O–H groups in total. The molecule has 1 aliphatic heterocycles. The molecule has 1 unspecified atom stereocenters. The molecule has 0 aromatic carbocycles. The topological polar surface area (TPSA) is 72.2 Å². The number of carbonyl (C=O) groups excluding carboxylic acids is 1. The molecule has 1 aliphatic carbocycles. The van der Waals surface area contributed by atoms with Crippen molar-refractivity contribution in [2.24, 2.45) is 16.3 Å². The minimum Gasteiger partial charge on any atom is -0.356 e. The van der Waals surface area contributed by atoms with E-state index in [-0.39, 0.29) is 17.7 Å². The van der Waals surface area contributed by atoms with Gasteiger partial charge in [0.25, 0.3) is 0 Å². The number of aryl methyl sites for hydroxylation is 2. The van der Waals surface area contributed by atoms with Gasteiger partial charge >= 0.3 is 0 Å². The first-order valence-corrected chi connectivity index (χ1v) is 12.7. The number of allylic oxidation sites excluding steroid dienone is 4. The van der Waals surface area contributed by atoms with Gasteiger partial charge in [-0.05, 0) is 51.2 Å². The molecule has 2 atom stereocenters. The number of fused-ring (bicyclic) bond motifs is 3. The van der Waals surface area contributed by atoms with Crippen molar-refractivity contribution in [1.82, 2.24) is 20.1 Å². The third-order valence-electron chi connectivity index (χ3n) is 6.53. The molecular weight excluding hydrogens is 454 g/mol. The van der Waals surface area contributed by atoms with E-state index in [0.29, 0.717) is 12.5 Å². The highest BCUT2D eigenvalue weighted by molar-refractivity contribution is 7.15. The first-order valence-electron chi connectivity index (χ1n) is 11.5. The van der Waals surface area contributed by atoms with Crippen LogP contribution in [0.4, 0.5) is 0 Å². The Kier molecular flexibility index (Phi) is 6.65. The summed E-state index contributed by atoms with van der Waals surface area (Å²) in [6.45, 7) is 13.4. The van der Waals surface area contributed by atoms with Gasteiger partial charge in [0.05, 0.1) is 12.1 Å². The van der Waals surface area contributed by atoms with Crippen molar-refractivity contribution in [1.29, 1.82) is 0 Å². The molecule has 33 heavy (non-hydrogen) atoms. The van der Waals surface area contributed by atoms with Crippen LogP contribution in [0.2, 0.25) is 0 Å². The lowest BCUT2D eigenvalue weighted by atomic mass is 9.76. The number of halogens is 1. The van der Waals surface area contributed by atoms with Crippen LogP contribution in [0.5, 0.6) is 0 Å². The lowest BCUT2D eigenvalue weighted by molar-refractivity contribution is -0.121. The summed E-state index contributed by atoms with van der Waals surface area (Å²) in [6.07, 6.45) is 8.08. The maximum atomic E-state index is 12.9. The molecule has 2 aromatic heterocycles. The molecule has 2 aromatic rings. The number of amides is 1. The van der Waals surface area contributed by atoms with E-state index in [9.17, 15) is 4.79 Å². The van der Waals surface area contributed by atoms with Crippen LogP contribution in [0.3, 0.4) is 0 Å². The Bertz CT molecular complexity index is 1170. The molecule has 1 amide bonds. The normalized spacial score (nSPS) is 21.9. The lowest BCUT2D eigenvalue weighted by Gasteiger charge is -2.30. The first kappa shape index (κ1) is 23.9. The summed E-state index contributed by atoms with van der Waals surface area (Å²) in [5.41, 5.74) is 3.00. The maximum Gasteiger partial charge on any atom is 0.222 e. The number of aromatic nitrogens is 3. The smallest absolute Gasteiger partial charge is 0.222 e. The molecule has 3 heterocycles. The van der Waals surface area contributed by atoms with Gasteiger partial charge in [-0.1, -0.05) is 44.5 Å². The van der Waals surface area contributed by atoms with Gasteiger partial charge in [-0.15, -0.1) is 21.5 Å². The lowest BCUT2D eigenvalue weighted by Crippen LogP contribution is -2.30. The van der Waals surface area contributed by atoms with Crippen molar-refractivity contribution in [2.75, 3.05) is 6.54 Å². The Balaban J connectivity index is 1.81. The van der Waals surface area contributed by atoms with Crippen LogP contribution in [0.25, 0.3) is 5.00 Å². The van der Waals surface area contributed by atoms with E-state index in [2.05, 4.69) is 60.8 Å². The molecule has 0 fully saturated rings. The third-order valence-corrected chi connectivity index (χ3v) is 8.01. The van der Waals surface area contributed by atoms with Crippen molar-refractivity contribution < 1.29 is 4.79 Å². The van der Waals surface area contributed by atoms with E-state index in [4.69, 9.17) is 16.6 Å². The Morgan fingerprint density at radius 3 is 2.76 bits per heavy atom. The number of hydrogen-bond donors (Lipinski definition) is 1. The minimum atomic E-state index is -0.411. The minimum absolute atomic E-state index is 0.0126. The van der Waals surface area contributed by atoms with E-state index < -0.39 is 6.04 Å². The molecule has 0 bridgehead atoms. The summed E-state index contributed by atoms with van der Waals surface area (Å²) in [7, 11) is 0. The van der Waals surface area contributed by atoms with Crippen LogP contribution < -0.4 is 5.32 Å². The number of thiophene rings is 1. The van der Waals surface area contributed by atoms with Gasteiger partial charge in [0.1, 0.15) is 16.9 Å². The average molecular weight is 486 g/mol. The summed E-state index contributed by atoms with van der Waals surface area (Å²) < 4.78 is 2.10. The van der Waals surface area contributed by atoms with Gasteiger partial charge in [0.15, 0.2) is 5.82 Å². The fourth-order valence-electron chi connectivity index (χ4n) is 4.37. The number of carbonyl (C=O) groups is 1. The fraction of sp³-hybridized carbons (Fsp3) is 0.520. The number of nitrogens with one attached hydrogen (secondary N) is 1. The molecule has 4 rings (SSSR count). The molecule has 8 heteroatoms. The highest BCUT2D eigenvalue weighted by Crippen LogP contribution is 2.44. The second kappa shape index (κ2) is 9.18. The summed E-state index contributed by atoms with van der Waals surface area (Å²) in [6, 6.07) is -0.411. The van der Waals surface area contributed by atoms with Crippen LogP contribution in [-0.4, -0.2) is 32.9 Å². The second-order valence-electron chi connectivity index (χ2n) is 9.68. The Morgan fingerprint density at radius 2 is 2.09 bits per heavy atom. The summed E-state index contributed by atoms with van der Waals surface area (Å²) in [5, 5.41) is 13.7. The van der Waals surface area contributed by atoms with E-state index in [1.54, 1.807) is 11.3 Å². The quantitative estimate of drug-likeness (QED) is 0.567. The molecule has 6 nitrogen and oxygen atoms in total. The van der Waals surface area contributed by atoms with Crippen molar-refractivity contribution in [3.05, 3.63) is 50.9 Å². The number of aliphatic imine (C=N–C) groups is 1. The largest absolute Gasteiger partial charge is 0.356 e. The molecule has 0 radical (unpaired) electrons. The number of hydrogen-bond acceptors (Lipinski definition) is 5. The van der Waals surface area contributed by atoms with Crippen LogP contribution >= 0.6 is 22.9 Å². The molecule has 0 spiro atoms. The summed E-state index contributed by atoms with van der Waals surface area (Å²) >= 11 is 7.99. The predicted octanol–water partition coefficient (Wildman–Crippen LogP) is 5.74. The number of rotatable bonds is 6. The predicted molar refractivity (Wildman–Crippen MR) is 136 cm³/mol. The van der Waals surface area contributed by atoms with Crippen molar-refractivity contribution in [3.63, 3.8) is 0 Å². The van der Waals surface area contributed by atoms with Gasteiger partial charge in [0.2, 0.25) is 5.91 Å². The first-order chi connectivity index (χ1) is 15.6. The van der Waals surface area contributed by atoms with E-state index >= 15 is 0 Å². The Morgan fingerprint density at radius 1 is 1.33 bits per heavy atom. The molecule has 2 aliphatic rings. The Labute approximate surface area is 204 Å². The van der Waals surface area contributed by atoms with Crippen molar-refractivity contribution in [2.45, 2.75) is 66.8 Å². The van der Waals surface area contributed by atoms with Gasteiger partial charge < -0.3 is 5.32 Å². The zero-order valence-corrected chi connectivity index (χ0v) is 21.8. The van der Waals surface area contributed by atoms with Crippen molar-refractivity contribution in [3.8, 4) is 5.00 Å². The van der Waals surface area contributed by atoms with E-state index in [1.165, 1.54) is 10.4 Å². The van der Waals surface area contributed by atoms with Crippen molar-refractivity contribution >= 4 is 34.6 Å². The zero-order chi connectivity index (χ0) is 23.9. The van der Waals surface area contributed by atoms with Gasteiger partial charge in [0, 0.05) is 27.4 Å². The second-order valence-corrected chi connectivity index (χ2v) is 11.3. The summed E-state index contributed by atoms with van der Waals surface area (Å²) in [4.78, 5) is 19.4. The third kappa shape index (κ3) is 4.58. The van der Waals surface area contributed by atoms with E-state index in [0.717, 1.165) is 45.8 Å². The zero-order valence-electron chi connectivity index (χ0n) is 20.2. The standard InChI is InChI=1S/C25H32ClN5OS/c1-14(2)9-12-27-20(32)13-19-23-30-29-17(5)31(23)24-21(15(3)16(4)33-24)22(28-19)25(6)10-7-18(26)8-11-25/h7-8,10,14,19H,9,11-13H2,1-6H3,(H,27,32)/t19-,25?/m0/s1. The van der Waals surface area contributed by atoms with E-state index in [1.807, 2.05) is 19.1 Å². The molecule has 0 saturated heterocycles. The average Bonchev–Trinajstić information content (AvgIpc) is 3.22. The van der Waals surface area contributed by atoms with Crippen LogP contribution in [-0.2, 0) is 4.79 Å². The molecule has 176 valence electrons. The monoisotopic (exact) mass is 485 g/mol. The summed E-state index contributed by atoms with van der Waals surface area (Å²) in [5.74, 6) is 2.06. The highest BCUT2D eigenvalue weighted by atomic mass is 35.5. The van der Waals surface area contributed by atoms with Crippen LogP contribution in [0.1, 0.15) is 73.7 Å². The van der Waals surface area contributed by atoms with Crippen LogP contribution in [0.15, 0.2) is 28.3 Å². The van der Waals surface area contributed by atoms with Gasteiger partial charge in [-0.25, -0.2) is 0 Å². The Hall–Kier alpha value is -2.25. The van der Waals surface area contributed by atoms with Gasteiger partial charge in [-0.3, -0.25) is 14.4 Å².